The highest BCUT2D eigenvalue weighted by Crippen LogP contribution is 2.18. The molecular formula is C17H19FN4O3. The van der Waals surface area contributed by atoms with E-state index >= 15 is 0 Å². The normalized spacial score (nSPS) is 15.5. The van der Waals surface area contributed by atoms with Gasteiger partial charge in [-0.1, -0.05) is 12.1 Å². The number of nitrogens with one attached hydrogen (secondary N) is 1. The first-order chi connectivity index (χ1) is 12.1. The van der Waals surface area contributed by atoms with E-state index in [1.165, 1.54) is 24.5 Å². The molecule has 0 radical (unpaired) electrons. The molecule has 1 amide bonds. The number of aromatic nitrogens is 2. The molecule has 2 heterocycles. The van der Waals surface area contributed by atoms with Crippen LogP contribution in [0.25, 0.3) is 0 Å². The molecule has 25 heavy (non-hydrogen) atoms. The lowest BCUT2D eigenvalue weighted by Gasteiger charge is -2.26. The quantitative estimate of drug-likeness (QED) is 0.890. The van der Waals surface area contributed by atoms with Crippen molar-refractivity contribution in [2.75, 3.05) is 36.5 Å². The van der Waals surface area contributed by atoms with Crippen molar-refractivity contribution in [2.24, 2.45) is 0 Å². The molecule has 0 aliphatic carbocycles. The van der Waals surface area contributed by atoms with E-state index in [9.17, 15) is 9.18 Å². The van der Waals surface area contributed by atoms with Gasteiger partial charge in [0.05, 0.1) is 31.3 Å². The lowest BCUT2D eigenvalue weighted by molar-refractivity contribution is -0.122. The molecule has 1 N–H and O–H groups in total. The maximum absolute atomic E-state index is 13.6. The van der Waals surface area contributed by atoms with Crippen LogP contribution in [0.3, 0.4) is 0 Å². The Labute approximate surface area is 144 Å². The average Bonchev–Trinajstić information content (AvgIpc) is 2.65. The molecule has 1 aromatic carbocycles. The molecule has 1 aromatic heterocycles. The summed E-state index contributed by atoms with van der Waals surface area (Å²) in [7, 11) is 0. The Bertz CT molecular complexity index is 720. The van der Waals surface area contributed by atoms with Crippen LogP contribution in [0, 0.1) is 5.82 Å². The Morgan fingerprint density at radius 1 is 1.28 bits per heavy atom. The number of hydrogen-bond donors (Lipinski definition) is 1. The minimum Gasteiger partial charge on any atom is -0.478 e. The first-order valence-electron chi connectivity index (χ1n) is 8.00. The predicted molar refractivity (Wildman–Crippen MR) is 90.2 cm³/mol. The van der Waals surface area contributed by atoms with Gasteiger partial charge in [0.1, 0.15) is 0 Å². The molecule has 0 bridgehead atoms. The number of benzene rings is 1. The van der Waals surface area contributed by atoms with Crippen molar-refractivity contribution in [2.45, 2.75) is 13.0 Å². The molecule has 0 spiro atoms. The zero-order chi connectivity index (χ0) is 17.6. The fourth-order valence-electron chi connectivity index (χ4n) is 2.34. The smallest absolute Gasteiger partial charge is 0.265 e. The molecule has 132 valence electrons. The number of halogens is 1. The average molecular weight is 346 g/mol. The number of para-hydroxylation sites is 1. The summed E-state index contributed by atoms with van der Waals surface area (Å²) in [6.45, 7) is 4.31. The number of carbonyl (C=O) groups is 1. The van der Waals surface area contributed by atoms with Gasteiger partial charge < -0.3 is 19.7 Å². The fourth-order valence-corrected chi connectivity index (χ4v) is 2.34. The number of morpholine rings is 1. The minimum atomic E-state index is -0.865. The number of carbonyl (C=O) groups excluding carboxylic acids is 1. The van der Waals surface area contributed by atoms with E-state index in [2.05, 4.69) is 15.3 Å². The van der Waals surface area contributed by atoms with E-state index < -0.39 is 17.8 Å². The van der Waals surface area contributed by atoms with Gasteiger partial charge in [-0.05, 0) is 19.1 Å². The highest BCUT2D eigenvalue weighted by atomic mass is 19.1. The van der Waals surface area contributed by atoms with Crippen LogP contribution in [0.2, 0.25) is 0 Å². The minimum absolute atomic E-state index is 0.0315. The van der Waals surface area contributed by atoms with Crippen molar-refractivity contribution in [1.29, 1.82) is 0 Å². The van der Waals surface area contributed by atoms with Crippen LogP contribution in [-0.2, 0) is 9.53 Å². The standard InChI is InChI=1S/C17H19FN4O3/c1-12(25-15-5-3-2-4-14(15)18)16(23)21-13-10-19-17(20-11-13)22-6-8-24-9-7-22/h2-5,10-12H,6-9H2,1H3,(H,21,23). The molecule has 0 saturated carbocycles. The van der Waals surface area contributed by atoms with E-state index in [1.54, 1.807) is 19.1 Å². The molecule has 1 saturated heterocycles. The lowest BCUT2D eigenvalue weighted by Crippen LogP contribution is -2.37. The Balaban J connectivity index is 1.57. The third-order valence-corrected chi connectivity index (χ3v) is 3.71. The molecule has 2 aromatic rings. The molecule has 3 rings (SSSR count). The van der Waals surface area contributed by atoms with Crippen LogP contribution in [0.4, 0.5) is 16.0 Å². The molecule has 7 nitrogen and oxygen atoms in total. The van der Waals surface area contributed by atoms with Gasteiger partial charge in [-0.25, -0.2) is 14.4 Å². The number of amides is 1. The zero-order valence-corrected chi connectivity index (χ0v) is 13.8. The van der Waals surface area contributed by atoms with Crippen LogP contribution in [0.1, 0.15) is 6.92 Å². The van der Waals surface area contributed by atoms with Gasteiger partial charge in [-0.3, -0.25) is 4.79 Å². The van der Waals surface area contributed by atoms with Crippen molar-refractivity contribution in [3.63, 3.8) is 0 Å². The third-order valence-electron chi connectivity index (χ3n) is 3.71. The Morgan fingerprint density at radius 3 is 2.64 bits per heavy atom. The Hall–Kier alpha value is -2.74. The second-order valence-corrected chi connectivity index (χ2v) is 5.55. The van der Waals surface area contributed by atoms with E-state index in [0.717, 1.165) is 13.1 Å². The fraction of sp³-hybridized carbons (Fsp3) is 0.353. The Morgan fingerprint density at radius 2 is 1.96 bits per heavy atom. The van der Waals surface area contributed by atoms with Crippen molar-refractivity contribution < 1.29 is 18.7 Å². The number of anilines is 2. The van der Waals surface area contributed by atoms with Gasteiger partial charge in [0, 0.05) is 13.1 Å². The topological polar surface area (TPSA) is 76.6 Å². The Kier molecular flexibility index (Phi) is 5.39. The summed E-state index contributed by atoms with van der Waals surface area (Å²) >= 11 is 0. The summed E-state index contributed by atoms with van der Waals surface area (Å²) in [6.07, 6.45) is 2.20. The number of rotatable bonds is 5. The van der Waals surface area contributed by atoms with Crippen molar-refractivity contribution in [3.8, 4) is 5.75 Å². The van der Waals surface area contributed by atoms with Crippen molar-refractivity contribution in [3.05, 3.63) is 42.5 Å². The largest absolute Gasteiger partial charge is 0.478 e. The second kappa shape index (κ2) is 7.89. The van der Waals surface area contributed by atoms with Gasteiger partial charge in [0.15, 0.2) is 17.7 Å². The van der Waals surface area contributed by atoms with E-state index in [0.29, 0.717) is 24.8 Å². The van der Waals surface area contributed by atoms with Crippen LogP contribution in [0.5, 0.6) is 5.75 Å². The number of ether oxygens (including phenoxy) is 2. The summed E-state index contributed by atoms with van der Waals surface area (Å²) in [4.78, 5) is 22.7. The second-order valence-electron chi connectivity index (χ2n) is 5.55. The number of hydrogen-bond acceptors (Lipinski definition) is 6. The monoisotopic (exact) mass is 346 g/mol. The molecular weight excluding hydrogens is 327 g/mol. The summed E-state index contributed by atoms with van der Waals surface area (Å²) in [5.41, 5.74) is 0.450. The zero-order valence-electron chi connectivity index (χ0n) is 13.8. The van der Waals surface area contributed by atoms with Gasteiger partial charge in [-0.2, -0.15) is 0 Å². The summed E-state index contributed by atoms with van der Waals surface area (Å²) in [5.74, 6) is -0.299. The summed E-state index contributed by atoms with van der Waals surface area (Å²) < 4.78 is 24.2. The predicted octanol–water partition coefficient (Wildman–Crippen LogP) is 1.86. The third kappa shape index (κ3) is 4.42. The maximum atomic E-state index is 13.6. The van der Waals surface area contributed by atoms with Crippen LogP contribution < -0.4 is 15.0 Å². The lowest BCUT2D eigenvalue weighted by atomic mass is 10.3. The SMILES string of the molecule is CC(Oc1ccccc1F)C(=O)Nc1cnc(N2CCOCC2)nc1. The highest BCUT2D eigenvalue weighted by Gasteiger charge is 2.18. The molecule has 1 aliphatic rings. The van der Waals surface area contributed by atoms with Gasteiger partial charge in [0.25, 0.3) is 5.91 Å². The van der Waals surface area contributed by atoms with E-state index in [-0.39, 0.29) is 5.75 Å². The summed E-state index contributed by atoms with van der Waals surface area (Å²) in [5, 5.41) is 2.66. The molecule has 1 fully saturated rings. The first-order valence-corrected chi connectivity index (χ1v) is 8.00. The van der Waals surface area contributed by atoms with Crippen LogP contribution >= 0.6 is 0 Å². The van der Waals surface area contributed by atoms with E-state index in [4.69, 9.17) is 9.47 Å². The molecule has 1 aliphatic heterocycles. The maximum Gasteiger partial charge on any atom is 0.265 e. The van der Waals surface area contributed by atoms with Gasteiger partial charge >= 0.3 is 0 Å². The van der Waals surface area contributed by atoms with Gasteiger partial charge in [-0.15, -0.1) is 0 Å². The van der Waals surface area contributed by atoms with Crippen molar-refractivity contribution in [1.82, 2.24) is 9.97 Å². The van der Waals surface area contributed by atoms with Crippen LogP contribution in [-0.4, -0.2) is 48.3 Å². The van der Waals surface area contributed by atoms with Crippen molar-refractivity contribution >= 4 is 17.5 Å². The van der Waals surface area contributed by atoms with Crippen LogP contribution in [0.15, 0.2) is 36.7 Å². The summed E-state index contributed by atoms with van der Waals surface area (Å²) in [6, 6.07) is 5.94. The van der Waals surface area contributed by atoms with E-state index in [1.807, 2.05) is 4.90 Å². The molecule has 1 atom stereocenters. The molecule has 1 unspecified atom stereocenters. The molecule has 8 heteroatoms. The first kappa shape index (κ1) is 17.1. The van der Waals surface area contributed by atoms with Gasteiger partial charge in [0.2, 0.25) is 5.95 Å². The number of nitrogens with zero attached hydrogens (tertiary/aromatic N) is 3. The highest BCUT2D eigenvalue weighted by molar-refractivity contribution is 5.93.